The normalized spacial score (nSPS) is 17.7. The minimum atomic E-state index is -1.39. The summed E-state index contributed by atoms with van der Waals surface area (Å²) in [6.07, 6.45) is 1.94. The number of fused-ring (bicyclic) bond motifs is 2. The van der Waals surface area contributed by atoms with E-state index in [1.807, 2.05) is 24.3 Å². The van der Waals surface area contributed by atoms with Gasteiger partial charge in [-0.1, -0.05) is 49.7 Å². The molecular weight excluding hydrogens is 485 g/mol. The largest absolute Gasteiger partial charge is 0.505 e. The highest BCUT2D eigenvalue weighted by atomic mass is 19.1. The summed E-state index contributed by atoms with van der Waals surface area (Å²) in [7, 11) is 0. The third-order valence-corrected chi connectivity index (χ3v) is 7.07. The van der Waals surface area contributed by atoms with Gasteiger partial charge in [0.25, 0.3) is 5.91 Å². The molecule has 2 heterocycles. The lowest BCUT2D eigenvalue weighted by atomic mass is 10.0. The van der Waals surface area contributed by atoms with Crippen LogP contribution in [0.2, 0.25) is 0 Å². The van der Waals surface area contributed by atoms with E-state index in [1.165, 1.54) is 29.3 Å². The second-order valence-electron chi connectivity index (χ2n) is 9.44. The van der Waals surface area contributed by atoms with Gasteiger partial charge in [0.2, 0.25) is 5.66 Å². The zero-order chi connectivity index (χ0) is 26.6. The van der Waals surface area contributed by atoms with Gasteiger partial charge in [-0.3, -0.25) is 14.7 Å². The number of amides is 1. The number of carbonyl (C=O) groups is 2. The van der Waals surface area contributed by atoms with Crippen molar-refractivity contribution in [3.63, 3.8) is 0 Å². The summed E-state index contributed by atoms with van der Waals surface area (Å²) in [6.45, 7) is 2.10. The van der Waals surface area contributed by atoms with Crippen molar-refractivity contribution in [3.05, 3.63) is 107 Å². The lowest BCUT2D eigenvalue weighted by molar-refractivity contribution is -0.119. The molecular formula is C30H24FN3O4. The van der Waals surface area contributed by atoms with Crippen LogP contribution in [0.15, 0.2) is 84.9 Å². The van der Waals surface area contributed by atoms with E-state index in [4.69, 9.17) is 0 Å². The minimum Gasteiger partial charge on any atom is -0.505 e. The highest BCUT2D eigenvalue weighted by Crippen LogP contribution is 2.55. The topological polar surface area (TPSA) is 103 Å². The first-order valence-corrected chi connectivity index (χ1v) is 12.3. The number of anilines is 3. The standard InChI is InChI=1S/C30H24FN3O4/c1-2-5-18-10-13-22(14-11-18)33-25-15-12-21(31)17-24(25)30(29(33)38)32-34(30)26-9-4-8-23(27(26)35)19-6-3-7-20(16-19)28(36)37/h3-4,6-17,32,35H,2,5H2,1H3,(H,36,37). The van der Waals surface area contributed by atoms with E-state index in [0.29, 0.717) is 33.8 Å². The molecule has 38 heavy (non-hydrogen) atoms. The number of benzene rings is 4. The molecule has 1 amide bonds. The van der Waals surface area contributed by atoms with Gasteiger partial charge in [0.1, 0.15) is 11.6 Å². The Hall–Kier alpha value is -4.69. The summed E-state index contributed by atoms with van der Waals surface area (Å²) in [5.74, 6) is -2.01. The zero-order valence-electron chi connectivity index (χ0n) is 20.5. The van der Waals surface area contributed by atoms with Crippen LogP contribution in [0.5, 0.6) is 5.75 Å². The van der Waals surface area contributed by atoms with Crippen molar-refractivity contribution in [2.24, 2.45) is 0 Å². The van der Waals surface area contributed by atoms with Gasteiger partial charge >= 0.3 is 5.97 Å². The molecule has 190 valence electrons. The van der Waals surface area contributed by atoms with Crippen LogP contribution in [0.4, 0.5) is 21.5 Å². The van der Waals surface area contributed by atoms with E-state index >= 15 is 0 Å². The van der Waals surface area contributed by atoms with Gasteiger partial charge in [-0.25, -0.2) is 9.18 Å². The number of aromatic carboxylic acids is 1. The van der Waals surface area contributed by atoms with Gasteiger partial charge in [-0.2, -0.15) is 5.43 Å². The van der Waals surface area contributed by atoms with E-state index in [9.17, 15) is 24.2 Å². The smallest absolute Gasteiger partial charge is 0.335 e. The highest BCUT2D eigenvalue weighted by molar-refractivity contribution is 6.16. The van der Waals surface area contributed by atoms with Crippen LogP contribution in [0, 0.1) is 5.82 Å². The first kappa shape index (κ1) is 23.7. The van der Waals surface area contributed by atoms with Gasteiger partial charge < -0.3 is 10.2 Å². The Morgan fingerprint density at radius 1 is 0.974 bits per heavy atom. The number of nitrogens with one attached hydrogen (secondary N) is 1. The number of carboxylic acid groups (broad SMARTS) is 1. The number of carboxylic acids is 1. The molecule has 8 heteroatoms. The van der Waals surface area contributed by atoms with Crippen LogP contribution in [0.3, 0.4) is 0 Å². The van der Waals surface area contributed by atoms with E-state index in [0.717, 1.165) is 18.4 Å². The highest BCUT2D eigenvalue weighted by Gasteiger charge is 2.67. The predicted molar refractivity (Wildman–Crippen MR) is 142 cm³/mol. The number of hydrogen-bond donors (Lipinski definition) is 3. The quantitative estimate of drug-likeness (QED) is 0.288. The average Bonchev–Trinajstić information content (AvgIpc) is 3.62. The number of hydrogen-bond acceptors (Lipinski definition) is 5. The molecule has 3 N–H and O–H groups in total. The Kier molecular flexibility index (Phi) is 5.43. The molecule has 4 aromatic rings. The molecule has 1 unspecified atom stereocenters. The summed E-state index contributed by atoms with van der Waals surface area (Å²) < 4.78 is 14.5. The SMILES string of the molecule is CCCc1ccc(N2C(=O)C3(NN3c3cccc(-c4cccc(C(=O)O)c4)c3O)c3cc(F)ccc32)cc1. The Labute approximate surface area is 218 Å². The second-order valence-corrected chi connectivity index (χ2v) is 9.44. The molecule has 0 radical (unpaired) electrons. The lowest BCUT2D eigenvalue weighted by Gasteiger charge is -2.18. The first-order chi connectivity index (χ1) is 18.3. The number of rotatable bonds is 6. The fourth-order valence-electron chi connectivity index (χ4n) is 5.20. The molecule has 2 aliphatic heterocycles. The first-order valence-electron chi connectivity index (χ1n) is 12.3. The fraction of sp³-hybridized carbons (Fsp3) is 0.133. The third-order valence-electron chi connectivity index (χ3n) is 7.07. The number of phenolic OH excluding ortho intramolecular Hbond substituents is 1. The zero-order valence-corrected chi connectivity index (χ0v) is 20.5. The van der Waals surface area contributed by atoms with Crippen molar-refractivity contribution in [2.75, 3.05) is 9.91 Å². The molecule has 0 bridgehead atoms. The molecule has 6 rings (SSSR count). The van der Waals surface area contributed by atoms with E-state index in [1.54, 1.807) is 41.3 Å². The van der Waals surface area contributed by atoms with Gasteiger partial charge in [-0.05, 0) is 66.1 Å². The maximum Gasteiger partial charge on any atom is 0.335 e. The number of aryl methyl sites for hydroxylation is 1. The average molecular weight is 510 g/mol. The summed E-state index contributed by atoms with van der Waals surface area (Å²) in [5.41, 5.74) is 5.85. The van der Waals surface area contributed by atoms with Gasteiger partial charge in [-0.15, -0.1) is 0 Å². The van der Waals surface area contributed by atoms with Crippen LogP contribution >= 0.6 is 0 Å². The van der Waals surface area contributed by atoms with E-state index in [-0.39, 0.29) is 17.2 Å². The molecule has 1 saturated heterocycles. The van der Waals surface area contributed by atoms with Gasteiger partial charge in [0, 0.05) is 16.8 Å². The number of aromatic hydroxyl groups is 1. The van der Waals surface area contributed by atoms with E-state index in [2.05, 4.69) is 12.3 Å². The maximum absolute atomic E-state index is 14.5. The summed E-state index contributed by atoms with van der Waals surface area (Å²) in [5, 5.41) is 22.1. The maximum atomic E-state index is 14.5. The summed E-state index contributed by atoms with van der Waals surface area (Å²) in [6, 6.07) is 23.3. The molecule has 0 aliphatic carbocycles. The molecule has 1 fully saturated rings. The molecule has 4 aromatic carbocycles. The molecule has 1 spiro atoms. The van der Waals surface area contributed by atoms with Crippen molar-refractivity contribution >= 4 is 28.9 Å². The number of halogens is 1. The minimum absolute atomic E-state index is 0.0876. The van der Waals surface area contributed by atoms with Crippen molar-refractivity contribution in [3.8, 4) is 16.9 Å². The number of hydrazine groups is 1. The second kappa shape index (κ2) is 8.71. The Morgan fingerprint density at radius 3 is 2.47 bits per heavy atom. The van der Waals surface area contributed by atoms with Crippen molar-refractivity contribution in [2.45, 2.75) is 25.4 Å². The van der Waals surface area contributed by atoms with Crippen LogP contribution in [-0.4, -0.2) is 22.1 Å². The molecule has 7 nitrogen and oxygen atoms in total. The number of nitrogens with zero attached hydrogens (tertiary/aromatic N) is 2. The van der Waals surface area contributed by atoms with E-state index < -0.39 is 17.4 Å². The Bertz CT molecular complexity index is 1600. The van der Waals surface area contributed by atoms with Crippen LogP contribution < -0.4 is 15.3 Å². The van der Waals surface area contributed by atoms with Crippen molar-refractivity contribution < 1.29 is 24.2 Å². The summed E-state index contributed by atoms with van der Waals surface area (Å²) >= 11 is 0. The number of para-hydroxylation sites is 1. The van der Waals surface area contributed by atoms with Crippen molar-refractivity contribution in [1.82, 2.24) is 5.43 Å². The van der Waals surface area contributed by atoms with Crippen molar-refractivity contribution in [1.29, 1.82) is 0 Å². The molecule has 1 atom stereocenters. The number of carbonyl (C=O) groups excluding carboxylic acids is 1. The lowest BCUT2D eigenvalue weighted by Crippen LogP contribution is -2.32. The van der Waals surface area contributed by atoms with Gasteiger partial charge in [0.15, 0.2) is 0 Å². The molecule has 0 saturated carbocycles. The molecule has 0 aromatic heterocycles. The monoisotopic (exact) mass is 509 g/mol. The Balaban J connectivity index is 1.42. The Morgan fingerprint density at radius 2 is 1.74 bits per heavy atom. The summed E-state index contributed by atoms with van der Waals surface area (Å²) in [4.78, 5) is 27.0. The van der Waals surface area contributed by atoms with Gasteiger partial charge in [0.05, 0.1) is 16.9 Å². The number of phenols is 1. The third kappa shape index (κ3) is 3.53. The van der Waals surface area contributed by atoms with Crippen LogP contribution in [0.1, 0.15) is 34.8 Å². The molecule has 2 aliphatic rings. The predicted octanol–water partition coefficient (Wildman–Crippen LogP) is 5.70. The van der Waals surface area contributed by atoms with Crippen LogP contribution in [0.25, 0.3) is 11.1 Å². The fourth-order valence-corrected chi connectivity index (χ4v) is 5.20. The van der Waals surface area contributed by atoms with Crippen LogP contribution in [-0.2, 0) is 16.9 Å².